The van der Waals surface area contributed by atoms with Crippen LogP contribution in [-0.2, 0) is 0 Å². The number of anilines is 2. The van der Waals surface area contributed by atoms with Gasteiger partial charge in [-0.15, -0.1) is 0 Å². The van der Waals surface area contributed by atoms with Gasteiger partial charge in [-0.25, -0.2) is 24.6 Å². The smallest absolute Gasteiger partial charge is 0.255 e. The first-order valence-corrected chi connectivity index (χ1v) is 5.68. The van der Waals surface area contributed by atoms with Crippen molar-refractivity contribution in [2.24, 2.45) is 5.84 Å². The fraction of sp³-hybridized carbons (Fsp3) is 0.500. The molecule has 1 rings (SSSR count). The second kappa shape index (κ2) is 5.80. The molecule has 8 heteroatoms. The quantitative estimate of drug-likeness (QED) is 0.353. The van der Waals surface area contributed by atoms with E-state index in [9.17, 15) is 8.78 Å². The van der Waals surface area contributed by atoms with Crippen molar-refractivity contribution in [2.45, 2.75) is 11.6 Å². The van der Waals surface area contributed by atoms with Gasteiger partial charge in [0.05, 0.1) is 6.54 Å². The molecular weight excluding hydrogens is 236 g/mol. The highest BCUT2D eigenvalue weighted by molar-refractivity contribution is 7.98. The van der Waals surface area contributed by atoms with E-state index in [0.717, 1.165) is 0 Å². The number of nitrogens with zero attached hydrogens (tertiary/aromatic N) is 3. The summed E-state index contributed by atoms with van der Waals surface area (Å²) in [5.41, 5.74) is 2.37. The number of hydrogen-bond acceptors (Lipinski definition) is 6. The van der Waals surface area contributed by atoms with Gasteiger partial charge in [0.1, 0.15) is 11.6 Å². The van der Waals surface area contributed by atoms with Gasteiger partial charge in [0.15, 0.2) is 5.16 Å². The number of nitrogen functional groups attached to an aromatic ring is 1. The number of nitrogens with one attached hydrogen (secondary N) is 1. The molecule has 1 heterocycles. The van der Waals surface area contributed by atoms with Crippen LogP contribution in [0.4, 0.5) is 20.4 Å². The molecule has 0 radical (unpaired) electrons. The summed E-state index contributed by atoms with van der Waals surface area (Å²) in [4.78, 5) is 9.49. The summed E-state index contributed by atoms with van der Waals surface area (Å²) in [5, 5.41) is 0.478. The Labute approximate surface area is 96.4 Å². The van der Waals surface area contributed by atoms with Gasteiger partial charge in [-0.1, -0.05) is 11.8 Å². The maximum Gasteiger partial charge on any atom is 0.255 e. The number of thioether (sulfide) groups is 1. The number of hydrazine groups is 1. The molecule has 1 aromatic rings. The Bertz CT molecular complexity index is 327. The topological polar surface area (TPSA) is 67.1 Å². The molecule has 0 bridgehead atoms. The van der Waals surface area contributed by atoms with Crippen molar-refractivity contribution in [2.75, 3.05) is 30.2 Å². The molecule has 0 unspecified atom stereocenters. The van der Waals surface area contributed by atoms with Crippen molar-refractivity contribution in [3.63, 3.8) is 0 Å². The Balaban J connectivity index is 2.93. The van der Waals surface area contributed by atoms with Gasteiger partial charge in [0.2, 0.25) is 0 Å². The van der Waals surface area contributed by atoms with Crippen LogP contribution in [0.5, 0.6) is 0 Å². The lowest BCUT2D eigenvalue weighted by Crippen LogP contribution is -2.25. The number of hydrogen-bond donors (Lipinski definition) is 2. The summed E-state index contributed by atoms with van der Waals surface area (Å²) in [6.07, 6.45) is -0.612. The van der Waals surface area contributed by atoms with Gasteiger partial charge in [-0.3, -0.25) is 0 Å². The third-order valence-corrected chi connectivity index (χ3v) is 2.37. The lowest BCUT2D eigenvalue weighted by molar-refractivity contribution is 0.156. The predicted octanol–water partition coefficient (Wildman–Crippen LogP) is 1.19. The summed E-state index contributed by atoms with van der Waals surface area (Å²) >= 11 is 1.32. The minimum Gasteiger partial charge on any atom is -0.354 e. The van der Waals surface area contributed by atoms with E-state index in [4.69, 9.17) is 5.84 Å². The van der Waals surface area contributed by atoms with Crippen LogP contribution in [0.2, 0.25) is 0 Å². The molecule has 0 saturated carbocycles. The van der Waals surface area contributed by atoms with E-state index in [1.165, 1.54) is 22.7 Å². The summed E-state index contributed by atoms with van der Waals surface area (Å²) < 4.78 is 24.4. The predicted molar refractivity (Wildman–Crippen MR) is 60.9 cm³/mol. The van der Waals surface area contributed by atoms with E-state index in [-0.39, 0.29) is 6.54 Å². The third-order valence-electron chi connectivity index (χ3n) is 1.83. The van der Waals surface area contributed by atoms with Crippen LogP contribution < -0.4 is 16.2 Å². The van der Waals surface area contributed by atoms with Crippen LogP contribution in [0, 0.1) is 0 Å². The summed E-state index contributed by atoms with van der Waals surface area (Å²) in [7, 11) is 1.54. The summed E-state index contributed by atoms with van der Waals surface area (Å²) in [5.74, 6) is 6.04. The molecule has 0 aliphatic heterocycles. The fourth-order valence-corrected chi connectivity index (χ4v) is 1.45. The molecule has 16 heavy (non-hydrogen) atoms. The molecule has 0 aromatic carbocycles. The van der Waals surface area contributed by atoms with Crippen molar-refractivity contribution >= 4 is 23.4 Å². The van der Waals surface area contributed by atoms with Crippen LogP contribution in [0.25, 0.3) is 0 Å². The van der Waals surface area contributed by atoms with Gasteiger partial charge >= 0.3 is 0 Å². The van der Waals surface area contributed by atoms with E-state index in [1.54, 1.807) is 13.3 Å². The molecule has 5 nitrogen and oxygen atoms in total. The minimum atomic E-state index is -2.41. The van der Waals surface area contributed by atoms with Gasteiger partial charge < -0.3 is 10.3 Å². The normalized spacial score (nSPS) is 10.6. The van der Waals surface area contributed by atoms with Crippen LogP contribution in [0.1, 0.15) is 0 Å². The zero-order valence-electron chi connectivity index (χ0n) is 8.94. The molecule has 0 aliphatic rings. The number of rotatable bonds is 5. The van der Waals surface area contributed by atoms with Crippen molar-refractivity contribution in [1.29, 1.82) is 0 Å². The van der Waals surface area contributed by atoms with E-state index < -0.39 is 6.43 Å². The summed E-state index contributed by atoms with van der Waals surface area (Å²) in [6, 6.07) is 1.52. The highest BCUT2D eigenvalue weighted by atomic mass is 32.2. The molecular formula is C8H13F2N5S. The molecule has 0 fully saturated rings. The van der Waals surface area contributed by atoms with E-state index in [1.807, 2.05) is 0 Å². The SMILES string of the molecule is CSc1nc(NN)cc(N(C)CC(F)F)n1. The van der Waals surface area contributed by atoms with Gasteiger partial charge in [-0.05, 0) is 6.26 Å². The Kier molecular flexibility index (Phi) is 4.69. The molecule has 0 aliphatic carbocycles. The molecule has 1 aromatic heterocycles. The number of aromatic nitrogens is 2. The van der Waals surface area contributed by atoms with Gasteiger partial charge in [0.25, 0.3) is 6.43 Å². The first kappa shape index (κ1) is 12.9. The number of nitrogens with two attached hydrogens (primary N) is 1. The monoisotopic (exact) mass is 249 g/mol. The first-order chi connectivity index (χ1) is 7.56. The van der Waals surface area contributed by atoms with Crippen LogP contribution >= 0.6 is 11.8 Å². The fourth-order valence-electron chi connectivity index (χ4n) is 1.07. The zero-order valence-corrected chi connectivity index (χ0v) is 9.76. The highest BCUT2D eigenvalue weighted by Crippen LogP contribution is 2.19. The second-order valence-electron chi connectivity index (χ2n) is 3.01. The van der Waals surface area contributed by atoms with Crippen LogP contribution in [0.3, 0.4) is 0 Å². The molecule has 0 amide bonds. The Morgan fingerprint density at radius 1 is 1.56 bits per heavy atom. The highest BCUT2D eigenvalue weighted by Gasteiger charge is 2.12. The zero-order chi connectivity index (χ0) is 12.1. The largest absolute Gasteiger partial charge is 0.354 e. The Morgan fingerprint density at radius 2 is 2.25 bits per heavy atom. The summed E-state index contributed by atoms with van der Waals surface area (Å²) in [6.45, 7) is -0.380. The average Bonchev–Trinajstić information content (AvgIpc) is 2.27. The van der Waals surface area contributed by atoms with Crippen molar-refractivity contribution in [3.05, 3.63) is 6.07 Å². The third kappa shape index (κ3) is 3.46. The molecule has 0 spiro atoms. The van der Waals surface area contributed by atoms with E-state index >= 15 is 0 Å². The Morgan fingerprint density at radius 3 is 2.75 bits per heavy atom. The molecule has 90 valence electrons. The van der Waals surface area contributed by atoms with Crippen molar-refractivity contribution < 1.29 is 8.78 Å². The number of alkyl halides is 2. The molecule has 0 saturated heterocycles. The van der Waals surface area contributed by atoms with Crippen LogP contribution in [-0.4, -0.2) is 36.2 Å². The lowest BCUT2D eigenvalue weighted by Gasteiger charge is -2.18. The minimum absolute atomic E-state index is 0.380. The van der Waals surface area contributed by atoms with Gasteiger partial charge in [-0.2, -0.15) is 0 Å². The maximum absolute atomic E-state index is 12.2. The van der Waals surface area contributed by atoms with Crippen molar-refractivity contribution in [1.82, 2.24) is 9.97 Å². The lowest BCUT2D eigenvalue weighted by atomic mass is 10.4. The van der Waals surface area contributed by atoms with Gasteiger partial charge in [0, 0.05) is 13.1 Å². The Hall–Kier alpha value is -1.15. The maximum atomic E-state index is 12.2. The first-order valence-electron chi connectivity index (χ1n) is 4.45. The van der Waals surface area contributed by atoms with E-state index in [0.29, 0.717) is 16.8 Å². The average molecular weight is 249 g/mol. The van der Waals surface area contributed by atoms with E-state index in [2.05, 4.69) is 15.4 Å². The van der Waals surface area contributed by atoms with Crippen molar-refractivity contribution in [3.8, 4) is 0 Å². The molecule has 3 N–H and O–H groups in total. The molecule has 0 atom stereocenters. The standard InChI is InChI=1S/C8H13F2N5S/c1-15(4-5(9)10)7-3-6(14-11)12-8(13-7)16-2/h3,5H,4,11H2,1-2H3,(H,12,13,14). The van der Waals surface area contributed by atoms with Crippen LogP contribution in [0.15, 0.2) is 11.2 Å². The number of halogens is 2. The second-order valence-corrected chi connectivity index (χ2v) is 3.79.